The molecule has 0 nitrogen and oxygen atoms in total. The zero-order valence-electron chi connectivity index (χ0n) is 3.64. The fourth-order valence-corrected chi connectivity index (χ4v) is 12.0. The first kappa shape index (κ1) is 5.71. The normalized spacial score (nSPS) is 24.0. The molecule has 1 rings (SSSR count). The van der Waals surface area contributed by atoms with E-state index in [1.807, 2.05) is 0 Å². The summed E-state index contributed by atoms with van der Waals surface area (Å²) in [5.41, 5.74) is 0. The monoisotopic (exact) mass is 316 g/mol. The van der Waals surface area contributed by atoms with Crippen LogP contribution in [-0.4, -0.2) is 41.8 Å². The average Bonchev–Trinajstić information content (AvgIpc) is 1.72. The molecule has 0 saturated carbocycles. The van der Waals surface area contributed by atoms with Crippen LogP contribution in [0.4, 0.5) is 0 Å². The van der Waals surface area contributed by atoms with Crippen molar-refractivity contribution in [2.45, 2.75) is 17.9 Å². The molecule has 0 aromatic carbocycles. The molecule has 36 valence electrons. The number of hydrogen-bond acceptors (Lipinski definition) is 0. The Bertz CT molecular complexity index is 21.0. The SMILES string of the molecule is C1C[Te]C[Te]C1. The molecule has 1 heterocycles. The Morgan fingerprint density at radius 1 is 1.00 bits per heavy atom. The average molecular weight is 311 g/mol. The minimum absolute atomic E-state index is 0.630. The molecule has 1 aliphatic heterocycles. The molecule has 0 N–H and O–H groups in total. The van der Waals surface area contributed by atoms with Crippen LogP contribution in [0.15, 0.2) is 0 Å². The minimum atomic E-state index is 0.630. The van der Waals surface area contributed by atoms with E-state index in [-0.39, 0.29) is 0 Å². The second-order valence-electron chi connectivity index (χ2n) is 1.29. The molecule has 1 fully saturated rings. The van der Waals surface area contributed by atoms with Crippen molar-refractivity contribution in [1.29, 1.82) is 0 Å². The van der Waals surface area contributed by atoms with Gasteiger partial charge in [-0.15, -0.1) is 0 Å². The summed E-state index contributed by atoms with van der Waals surface area (Å²) in [6.45, 7) is 0. The van der Waals surface area contributed by atoms with Crippen molar-refractivity contribution in [2.75, 3.05) is 0 Å². The Balaban J connectivity index is 2.00. The van der Waals surface area contributed by atoms with Gasteiger partial charge in [-0.2, -0.15) is 0 Å². The predicted octanol–water partition coefficient (Wildman–Crippen LogP) is 1.01. The number of rotatable bonds is 0. The third-order valence-corrected chi connectivity index (χ3v) is 11.4. The molecule has 0 aromatic rings. The third kappa shape index (κ3) is 2.04. The van der Waals surface area contributed by atoms with Gasteiger partial charge in [-0.3, -0.25) is 0 Å². The van der Waals surface area contributed by atoms with Crippen molar-refractivity contribution >= 4 is 41.8 Å². The van der Waals surface area contributed by atoms with Crippen LogP contribution >= 0.6 is 0 Å². The van der Waals surface area contributed by atoms with Gasteiger partial charge >= 0.3 is 59.7 Å². The Kier molecular flexibility index (Phi) is 3.39. The maximum absolute atomic E-state index is 1.76. The van der Waals surface area contributed by atoms with Crippen molar-refractivity contribution in [2.24, 2.45) is 0 Å². The van der Waals surface area contributed by atoms with Crippen LogP contribution in [-0.2, 0) is 0 Å². The number of hydrogen-bond donors (Lipinski definition) is 0. The summed E-state index contributed by atoms with van der Waals surface area (Å²) in [5.74, 6) is 0. The Hall–Kier alpha value is 1.58. The summed E-state index contributed by atoms with van der Waals surface area (Å²) in [6.07, 6.45) is 1.62. The standard InChI is InChI=1S/C4H8Te2/c1-2-5-4-6-3-1/h1-4H2. The van der Waals surface area contributed by atoms with Crippen molar-refractivity contribution in [3.8, 4) is 0 Å². The van der Waals surface area contributed by atoms with Gasteiger partial charge in [0.05, 0.1) is 0 Å². The van der Waals surface area contributed by atoms with Crippen LogP contribution in [0, 0.1) is 0 Å². The molecule has 0 radical (unpaired) electrons. The van der Waals surface area contributed by atoms with E-state index in [4.69, 9.17) is 0 Å². The predicted molar refractivity (Wildman–Crippen MR) is 30.5 cm³/mol. The van der Waals surface area contributed by atoms with Gasteiger partial charge in [-0.25, -0.2) is 0 Å². The molecule has 0 aliphatic carbocycles. The maximum atomic E-state index is 1.76. The van der Waals surface area contributed by atoms with E-state index >= 15 is 0 Å². The summed E-state index contributed by atoms with van der Waals surface area (Å²) < 4.78 is 5.09. The summed E-state index contributed by atoms with van der Waals surface area (Å²) in [7, 11) is 0. The molecule has 0 spiro atoms. The summed E-state index contributed by atoms with van der Waals surface area (Å²) in [5, 5.41) is 0. The Morgan fingerprint density at radius 3 is 1.83 bits per heavy atom. The first-order valence-electron chi connectivity index (χ1n) is 2.15. The van der Waals surface area contributed by atoms with E-state index in [1.165, 1.54) is 0 Å². The van der Waals surface area contributed by atoms with Gasteiger partial charge in [-0.05, 0) is 0 Å². The van der Waals surface area contributed by atoms with Crippen molar-refractivity contribution in [3.05, 3.63) is 0 Å². The van der Waals surface area contributed by atoms with Crippen LogP contribution in [0.3, 0.4) is 0 Å². The van der Waals surface area contributed by atoms with E-state index in [1.54, 1.807) is 17.9 Å². The van der Waals surface area contributed by atoms with Crippen molar-refractivity contribution in [1.82, 2.24) is 0 Å². The molecule has 0 bridgehead atoms. The van der Waals surface area contributed by atoms with Gasteiger partial charge in [0.25, 0.3) is 0 Å². The van der Waals surface area contributed by atoms with E-state index in [9.17, 15) is 0 Å². The van der Waals surface area contributed by atoms with Gasteiger partial charge in [0.1, 0.15) is 0 Å². The van der Waals surface area contributed by atoms with Crippen LogP contribution in [0.2, 0.25) is 11.5 Å². The molecule has 6 heavy (non-hydrogen) atoms. The Labute approximate surface area is 59.2 Å². The van der Waals surface area contributed by atoms with Gasteiger partial charge < -0.3 is 0 Å². The molecular weight excluding hydrogens is 303 g/mol. The van der Waals surface area contributed by atoms with Crippen LogP contribution in [0.5, 0.6) is 0 Å². The fourth-order valence-electron chi connectivity index (χ4n) is 0.440. The zero-order chi connectivity index (χ0) is 4.24. The van der Waals surface area contributed by atoms with Gasteiger partial charge in [-0.1, -0.05) is 0 Å². The van der Waals surface area contributed by atoms with Crippen LogP contribution in [0.25, 0.3) is 0 Å². The molecule has 1 saturated heterocycles. The van der Waals surface area contributed by atoms with E-state index < -0.39 is 0 Å². The molecule has 0 amide bonds. The van der Waals surface area contributed by atoms with Crippen molar-refractivity contribution in [3.63, 3.8) is 0 Å². The summed E-state index contributed by atoms with van der Waals surface area (Å²) >= 11 is 1.26. The third-order valence-electron chi connectivity index (χ3n) is 0.744. The van der Waals surface area contributed by atoms with E-state index in [0.717, 1.165) is 0 Å². The molecule has 0 aromatic heterocycles. The van der Waals surface area contributed by atoms with E-state index in [2.05, 4.69) is 0 Å². The van der Waals surface area contributed by atoms with Crippen molar-refractivity contribution < 1.29 is 0 Å². The second-order valence-corrected chi connectivity index (χ2v) is 11.1. The molecule has 0 atom stereocenters. The summed E-state index contributed by atoms with van der Waals surface area (Å²) in [6, 6.07) is 0. The molecule has 2 heteroatoms. The quantitative estimate of drug-likeness (QED) is 0.586. The second kappa shape index (κ2) is 3.57. The topological polar surface area (TPSA) is 0 Å². The van der Waals surface area contributed by atoms with E-state index in [0.29, 0.717) is 41.8 Å². The Morgan fingerprint density at radius 2 is 1.67 bits per heavy atom. The summed E-state index contributed by atoms with van der Waals surface area (Å²) in [4.78, 5) is 0. The molecule has 1 aliphatic rings. The van der Waals surface area contributed by atoms with Crippen LogP contribution < -0.4 is 0 Å². The zero-order valence-corrected chi connectivity index (χ0v) is 8.31. The first-order valence-corrected chi connectivity index (χ1v) is 8.75. The molecular formula is C4H8Te2. The molecule has 0 unspecified atom stereocenters. The fraction of sp³-hybridized carbons (Fsp3) is 1.00. The van der Waals surface area contributed by atoms with Gasteiger partial charge in [0, 0.05) is 0 Å². The van der Waals surface area contributed by atoms with Gasteiger partial charge in [0.15, 0.2) is 0 Å². The van der Waals surface area contributed by atoms with Crippen LogP contribution in [0.1, 0.15) is 6.42 Å². The first-order chi connectivity index (χ1) is 3.00. The van der Waals surface area contributed by atoms with Gasteiger partial charge in [0.2, 0.25) is 0 Å².